The first-order valence-corrected chi connectivity index (χ1v) is 11.0. The van der Waals surface area contributed by atoms with Gasteiger partial charge in [0, 0.05) is 30.6 Å². The van der Waals surface area contributed by atoms with Crippen molar-refractivity contribution < 1.29 is 14.0 Å². The van der Waals surface area contributed by atoms with Gasteiger partial charge in [0.25, 0.3) is 5.91 Å². The second-order valence-electron chi connectivity index (χ2n) is 9.58. The monoisotopic (exact) mass is 413 g/mol. The summed E-state index contributed by atoms with van der Waals surface area (Å²) in [4.78, 5) is 26.6. The lowest BCUT2D eigenvalue weighted by atomic mass is 9.57. The van der Waals surface area contributed by atoms with E-state index in [1.54, 1.807) is 6.07 Å². The predicted octanol–water partition coefficient (Wildman–Crippen LogP) is 3.82. The fourth-order valence-corrected chi connectivity index (χ4v) is 4.66. The molecule has 1 saturated heterocycles. The molecule has 164 valence electrons. The van der Waals surface area contributed by atoms with Crippen molar-refractivity contribution in [2.75, 3.05) is 26.2 Å². The molecular formula is C24H35N3O3. The molecule has 1 saturated carbocycles. The van der Waals surface area contributed by atoms with Gasteiger partial charge < -0.3 is 15.1 Å². The van der Waals surface area contributed by atoms with Gasteiger partial charge in [0.1, 0.15) is 5.58 Å². The number of fused-ring (bicyclic) bond motifs is 1. The van der Waals surface area contributed by atoms with Gasteiger partial charge >= 0.3 is 0 Å². The van der Waals surface area contributed by atoms with Gasteiger partial charge in [0.2, 0.25) is 5.91 Å². The second kappa shape index (κ2) is 8.80. The van der Waals surface area contributed by atoms with Crippen LogP contribution in [0.25, 0.3) is 11.0 Å². The van der Waals surface area contributed by atoms with E-state index in [0.717, 1.165) is 36.9 Å². The van der Waals surface area contributed by atoms with E-state index >= 15 is 0 Å². The summed E-state index contributed by atoms with van der Waals surface area (Å²) in [5.41, 5.74) is 0.913. The third-order valence-corrected chi connectivity index (χ3v) is 5.64. The van der Waals surface area contributed by atoms with E-state index in [1.165, 1.54) is 0 Å². The Morgan fingerprint density at radius 3 is 2.47 bits per heavy atom. The van der Waals surface area contributed by atoms with Gasteiger partial charge in [0.05, 0.1) is 6.54 Å². The Bertz CT molecular complexity index is 849. The normalized spacial score (nSPS) is 18.2. The summed E-state index contributed by atoms with van der Waals surface area (Å²) in [6, 6.07) is 9.43. The molecule has 2 amide bonds. The Kier molecular flexibility index (Phi) is 6.56. The first-order chi connectivity index (χ1) is 14.2. The zero-order valence-electron chi connectivity index (χ0n) is 18.9. The first kappa shape index (κ1) is 22.3. The Balaban J connectivity index is 0.00000124. The Hall–Kier alpha value is -2.34. The molecular weight excluding hydrogens is 378 g/mol. The number of para-hydroxylation sites is 1. The largest absolute Gasteiger partial charge is 0.451 e. The summed E-state index contributed by atoms with van der Waals surface area (Å²) in [7, 11) is 0. The highest BCUT2D eigenvalue weighted by atomic mass is 16.3. The number of carbonyl (C=O) groups excluding carboxylic acids is 2. The van der Waals surface area contributed by atoms with Crippen LogP contribution in [0.5, 0.6) is 0 Å². The highest BCUT2D eigenvalue weighted by Gasteiger charge is 2.52. The van der Waals surface area contributed by atoms with Crippen molar-refractivity contribution in [3.63, 3.8) is 0 Å². The molecule has 2 N–H and O–H groups in total. The fourth-order valence-electron chi connectivity index (χ4n) is 4.66. The summed E-state index contributed by atoms with van der Waals surface area (Å²) in [5, 5.41) is 6.96. The van der Waals surface area contributed by atoms with Crippen LogP contribution in [0, 0.1) is 11.3 Å². The molecule has 0 radical (unpaired) electrons. The molecule has 0 unspecified atom stereocenters. The van der Waals surface area contributed by atoms with Gasteiger partial charge in [-0.25, -0.2) is 0 Å². The zero-order chi connectivity index (χ0) is 21.9. The lowest BCUT2D eigenvalue weighted by Gasteiger charge is -2.59. The van der Waals surface area contributed by atoms with Crippen LogP contribution in [0.15, 0.2) is 34.7 Å². The topological polar surface area (TPSA) is 74.6 Å². The zero-order valence-corrected chi connectivity index (χ0v) is 18.9. The van der Waals surface area contributed by atoms with Gasteiger partial charge in [0.15, 0.2) is 5.76 Å². The fraction of sp³-hybridized carbons (Fsp3) is 0.583. The van der Waals surface area contributed by atoms with E-state index in [0.29, 0.717) is 30.2 Å². The van der Waals surface area contributed by atoms with E-state index in [4.69, 9.17) is 4.42 Å². The van der Waals surface area contributed by atoms with E-state index in [-0.39, 0.29) is 17.4 Å². The van der Waals surface area contributed by atoms with Gasteiger partial charge in [-0.2, -0.15) is 0 Å². The maximum absolute atomic E-state index is 12.3. The average molecular weight is 414 g/mol. The molecule has 6 heteroatoms. The number of nitrogens with zero attached hydrogens (tertiary/aromatic N) is 1. The molecule has 2 fully saturated rings. The lowest BCUT2D eigenvalue weighted by molar-refractivity contribution is -0.133. The number of nitrogens with one attached hydrogen (secondary N) is 2. The maximum Gasteiger partial charge on any atom is 0.287 e. The molecule has 1 aliphatic heterocycles. The van der Waals surface area contributed by atoms with Crippen LogP contribution < -0.4 is 10.6 Å². The molecule has 1 aromatic carbocycles. The lowest BCUT2D eigenvalue weighted by Crippen LogP contribution is -2.64. The molecule has 2 aliphatic rings. The summed E-state index contributed by atoms with van der Waals surface area (Å²) >= 11 is 0. The van der Waals surface area contributed by atoms with Crippen LogP contribution in [0.4, 0.5) is 0 Å². The van der Waals surface area contributed by atoms with Crippen LogP contribution in [-0.4, -0.2) is 48.4 Å². The van der Waals surface area contributed by atoms with Crippen molar-refractivity contribution >= 4 is 22.8 Å². The SMILES string of the molecule is CC.CC(C)(C)NC(=O)CN1CC2(CC(CNC(=O)c3cc4ccccc4o3)C2)C1. The van der Waals surface area contributed by atoms with Crippen LogP contribution in [0.1, 0.15) is 58.0 Å². The Morgan fingerprint density at radius 2 is 1.83 bits per heavy atom. The smallest absolute Gasteiger partial charge is 0.287 e. The Labute approximate surface area is 179 Å². The molecule has 30 heavy (non-hydrogen) atoms. The van der Waals surface area contributed by atoms with Gasteiger partial charge in [-0.3, -0.25) is 14.5 Å². The van der Waals surface area contributed by atoms with Crippen LogP contribution in [0.2, 0.25) is 0 Å². The van der Waals surface area contributed by atoms with Crippen molar-refractivity contribution in [1.29, 1.82) is 0 Å². The number of hydrogen-bond acceptors (Lipinski definition) is 4. The Morgan fingerprint density at radius 1 is 1.17 bits per heavy atom. The van der Waals surface area contributed by atoms with Crippen LogP contribution in [0.3, 0.4) is 0 Å². The third-order valence-electron chi connectivity index (χ3n) is 5.64. The average Bonchev–Trinajstić information content (AvgIpc) is 3.06. The molecule has 1 aliphatic carbocycles. The van der Waals surface area contributed by atoms with E-state index in [1.807, 2.05) is 58.9 Å². The van der Waals surface area contributed by atoms with Crippen LogP contribution in [-0.2, 0) is 4.79 Å². The van der Waals surface area contributed by atoms with E-state index in [9.17, 15) is 9.59 Å². The second-order valence-corrected chi connectivity index (χ2v) is 9.58. The summed E-state index contributed by atoms with van der Waals surface area (Å²) in [6.45, 7) is 13.1. The number of likely N-dealkylation sites (tertiary alicyclic amines) is 1. The highest BCUT2D eigenvalue weighted by Crippen LogP contribution is 2.51. The van der Waals surface area contributed by atoms with Gasteiger partial charge in [-0.1, -0.05) is 32.0 Å². The van der Waals surface area contributed by atoms with Crippen molar-refractivity contribution in [3.05, 3.63) is 36.1 Å². The number of furan rings is 1. The molecule has 0 bridgehead atoms. The van der Waals surface area contributed by atoms with Crippen molar-refractivity contribution in [2.24, 2.45) is 11.3 Å². The van der Waals surface area contributed by atoms with E-state index in [2.05, 4.69) is 15.5 Å². The molecule has 6 nitrogen and oxygen atoms in total. The molecule has 1 spiro atoms. The van der Waals surface area contributed by atoms with Crippen LogP contribution >= 0.6 is 0 Å². The van der Waals surface area contributed by atoms with Crippen molar-refractivity contribution in [3.8, 4) is 0 Å². The first-order valence-electron chi connectivity index (χ1n) is 11.0. The molecule has 0 atom stereocenters. The maximum atomic E-state index is 12.3. The molecule has 4 rings (SSSR count). The highest BCUT2D eigenvalue weighted by molar-refractivity contribution is 5.96. The van der Waals surface area contributed by atoms with Gasteiger partial charge in [-0.15, -0.1) is 0 Å². The summed E-state index contributed by atoms with van der Waals surface area (Å²) in [5.74, 6) is 0.830. The van der Waals surface area contributed by atoms with E-state index < -0.39 is 0 Å². The number of hydrogen-bond donors (Lipinski definition) is 2. The number of rotatable bonds is 5. The number of benzene rings is 1. The standard InChI is InChI=1S/C22H29N3O3.C2H6/c1-21(2,3)24-19(26)12-25-13-22(14-25)9-15(10-22)11-23-20(27)18-8-16-6-4-5-7-17(16)28-18;1-2/h4-8,15H,9-14H2,1-3H3,(H,23,27)(H,24,26);1-2H3. The minimum atomic E-state index is -0.181. The quantitative estimate of drug-likeness (QED) is 0.782. The van der Waals surface area contributed by atoms with Crippen molar-refractivity contribution in [1.82, 2.24) is 15.5 Å². The van der Waals surface area contributed by atoms with Gasteiger partial charge in [-0.05, 0) is 57.1 Å². The molecule has 2 heterocycles. The summed E-state index contributed by atoms with van der Waals surface area (Å²) in [6.07, 6.45) is 2.23. The third kappa shape index (κ3) is 5.22. The molecule has 1 aromatic heterocycles. The minimum absolute atomic E-state index is 0.0938. The summed E-state index contributed by atoms with van der Waals surface area (Å²) < 4.78 is 5.62. The minimum Gasteiger partial charge on any atom is -0.451 e. The predicted molar refractivity (Wildman–Crippen MR) is 119 cm³/mol. The molecule has 2 aromatic rings. The number of amides is 2. The van der Waals surface area contributed by atoms with Crippen molar-refractivity contribution in [2.45, 2.75) is 53.0 Å². The number of carbonyl (C=O) groups is 2.